The predicted molar refractivity (Wildman–Crippen MR) is 98.5 cm³/mol. The Labute approximate surface area is 151 Å². The van der Waals surface area contributed by atoms with E-state index < -0.39 is 11.7 Å². The number of pyridine rings is 1. The summed E-state index contributed by atoms with van der Waals surface area (Å²) < 4.78 is 19.7. The SMILES string of the molecule is COc1cccc(C(C)NC(=O)c2ccc(-c3ccncc3)cc2F)c1. The Bertz CT molecular complexity index is 913. The molecule has 1 N–H and O–H groups in total. The number of methoxy groups -OCH3 is 1. The van der Waals surface area contributed by atoms with Crippen LogP contribution in [0.25, 0.3) is 11.1 Å². The maximum Gasteiger partial charge on any atom is 0.254 e. The van der Waals surface area contributed by atoms with Gasteiger partial charge in [0.2, 0.25) is 0 Å². The minimum Gasteiger partial charge on any atom is -0.497 e. The molecule has 0 radical (unpaired) electrons. The first kappa shape index (κ1) is 17.6. The van der Waals surface area contributed by atoms with E-state index in [2.05, 4.69) is 10.3 Å². The summed E-state index contributed by atoms with van der Waals surface area (Å²) in [6.07, 6.45) is 3.29. The highest BCUT2D eigenvalue weighted by Crippen LogP contribution is 2.23. The summed E-state index contributed by atoms with van der Waals surface area (Å²) in [4.78, 5) is 16.4. The number of carbonyl (C=O) groups is 1. The molecule has 0 fully saturated rings. The van der Waals surface area contributed by atoms with Gasteiger partial charge in [-0.2, -0.15) is 0 Å². The summed E-state index contributed by atoms with van der Waals surface area (Å²) in [5, 5.41) is 2.82. The van der Waals surface area contributed by atoms with Crippen LogP contribution in [0.5, 0.6) is 5.75 Å². The van der Waals surface area contributed by atoms with Crippen LogP contribution in [0.4, 0.5) is 4.39 Å². The van der Waals surface area contributed by atoms with Crippen molar-refractivity contribution >= 4 is 5.91 Å². The third-order valence-corrected chi connectivity index (χ3v) is 4.17. The lowest BCUT2D eigenvalue weighted by atomic mass is 10.0. The fraction of sp³-hybridized carbons (Fsp3) is 0.143. The number of hydrogen-bond acceptors (Lipinski definition) is 3. The van der Waals surface area contributed by atoms with Crippen molar-refractivity contribution in [2.75, 3.05) is 7.11 Å². The monoisotopic (exact) mass is 350 g/mol. The molecule has 1 amide bonds. The van der Waals surface area contributed by atoms with Gasteiger partial charge in [-0.1, -0.05) is 18.2 Å². The van der Waals surface area contributed by atoms with Crippen molar-refractivity contribution < 1.29 is 13.9 Å². The molecule has 4 nitrogen and oxygen atoms in total. The van der Waals surface area contributed by atoms with E-state index in [-0.39, 0.29) is 11.6 Å². The quantitative estimate of drug-likeness (QED) is 0.743. The summed E-state index contributed by atoms with van der Waals surface area (Å²) in [5.74, 6) is -0.315. The summed E-state index contributed by atoms with van der Waals surface area (Å²) >= 11 is 0. The highest BCUT2D eigenvalue weighted by Gasteiger charge is 2.16. The number of halogens is 1. The van der Waals surface area contributed by atoms with Crippen LogP contribution in [-0.2, 0) is 0 Å². The average Bonchev–Trinajstić information content (AvgIpc) is 2.68. The van der Waals surface area contributed by atoms with Gasteiger partial charge in [0.15, 0.2) is 0 Å². The fourth-order valence-electron chi connectivity index (χ4n) is 2.69. The van der Waals surface area contributed by atoms with E-state index in [1.54, 1.807) is 37.7 Å². The van der Waals surface area contributed by atoms with Crippen LogP contribution in [-0.4, -0.2) is 18.0 Å². The number of rotatable bonds is 5. The average molecular weight is 350 g/mol. The Morgan fingerprint density at radius 1 is 1.08 bits per heavy atom. The van der Waals surface area contributed by atoms with E-state index in [4.69, 9.17) is 4.74 Å². The zero-order chi connectivity index (χ0) is 18.5. The summed E-state index contributed by atoms with van der Waals surface area (Å²) in [6, 6.07) is 15.3. The molecule has 26 heavy (non-hydrogen) atoms. The summed E-state index contributed by atoms with van der Waals surface area (Å²) in [6.45, 7) is 1.84. The lowest BCUT2D eigenvalue weighted by Crippen LogP contribution is -2.27. The smallest absolute Gasteiger partial charge is 0.254 e. The molecule has 2 aromatic carbocycles. The molecule has 0 aliphatic heterocycles. The number of nitrogens with one attached hydrogen (secondary N) is 1. The zero-order valence-electron chi connectivity index (χ0n) is 14.6. The van der Waals surface area contributed by atoms with Crippen molar-refractivity contribution in [2.45, 2.75) is 13.0 Å². The second-order valence-corrected chi connectivity index (χ2v) is 5.90. The highest BCUT2D eigenvalue weighted by atomic mass is 19.1. The van der Waals surface area contributed by atoms with Crippen molar-refractivity contribution in [1.82, 2.24) is 10.3 Å². The molecule has 1 aromatic heterocycles. The van der Waals surface area contributed by atoms with E-state index in [0.29, 0.717) is 11.3 Å². The number of aromatic nitrogens is 1. The molecule has 0 bridgehead atoms. The minimum atomic E-state index is -0.561. The summed E-state index contributed by atoms with van der Waals surface area (Å²) in [5.41, 5.74) is 2.43. The van der Waals surface area contributed by atoms with E-state index in [1.165, 1.54) is 12.1 Å². The molecular formula is C21H19FN2O2. The number of amides is 1. The number of nitrogens with zero attached hydrogens (tertiary/aromatic N) is 1. The van der Waals surface area contributed by atoms with Crippen LogP contribution in [0, 0.1) is 5.82 Å². The topological polar surface area (TPSA) is 51.2 Å². The third kappa shape index (κ3) is 3.88. The van der Waals surface area contributed by atoms with Gasteiger partial charge >= 0.3 is 0 Å². The first-order chi connectivity index (χ1) is 12.6. The normalized spacial score (nSPS) is 11.7. The molecule has 1 atom stereocenters. The van der Waals surface area contributed by atoms with E-state index in [0.717, 1.165) is 11.1 Å². The van der Waals surface area contributed by atoms with Gasteiger partial charge in [-0.25, -0.2) is 4.39 Å². The van der Waals surface area contributed by atoms with Gasteiger partial charge < -0.3 is 10.1 Å². The second kappa shape index (κ2) is 7.78. The van der Waals surface area contributed by atoms with Gasteiger partial charge in [0.05, 0.1) is 18.7 Å². The summed E-state index contributed by atoms with van der Waals surface area (Å²) in [7, 11) is 1.59. The van der Waals surface area contributed by atoms with Gasteiger partial charge in [0, 0.05) is 12.4 Å². The first-order valence-corrected chi connectivity index (χ1v) is 8.23. The first-order valence-electron chi connectivity index (χ1n) is 8.23. The Balaban J connectivity index is 1.77. The molecule has 0 spiro atoms. The number of carbonyl (C=O) groups excluding carboxylic acids is 1. The molecule has 1 unspecified atom stereocenters. The van der Waals surface area contributed by atoms with E-state index >= 15 is 0 Å². The molecule has 0 saturated heterocycles. The van der Waals surface area contributed by atoms with Gasteiger partial charge in [-0.05, 0) is 60.0 Å². The van der Waals surface area contributed by atoms with E-state index in [1.807, 2.05) is 31.2 Å². The molecule has 0 saturated carbocycles. The fourth-order valence-corrected chi connectivity index (χ4v) is 2.69. The third-order valence-electron chi connectivity index (χ3n) is 4.17. The van der Waals surface area contributed by atoms with Crippen molar-refractivity contribution in [3.05, 3.63) is 83.9 Å². The molecule has 5 heteroatoms. The molecule has 1 heterocycles. The highest BCUT2D eigenvalue weighted by molar-refractivity contribution is 5.95. The van der Waals surface area contributed by atoms with Crippen molar-refractivity contribution in [3.63, 3.8) is 0 Å². The van der Waals surface area contributed by atoms with Crippen LogP contribution < -0.4 is 10.1 Å². The standard InChI is InChI=1S/C21H19FN2O2/c1-14(16-4-3-5-18(12-16)26-2)24-21(25)19-7-6-17(13-20(19)22)15-8-10-23-11-9-15/h3-14H,1-2H3,(H,24,25). The Morgan fingerprint density at radius 3 is 2.54 bits per heavy atom. The predicted octanol–water partition coefficient (Wildman–Crippen LogP) is 4.39. The van der Waals surface area contributed by atoms with Crippen molar-refractivity contribution in [1.29, 1.82) is 0 Å². The minimum absolute atomic E-state index is 0.0116. The lowest BCUT2D eigenvalue weighted by Gasteiger charge is -2.16. The largest absolute Gasteiger partial charge is 0.497 e. The number of benzene rings is 2. The van der Waals surface area contributed by atoms with Crippen molar-refractivity contribution in [3.8, 4) is 16.9 Å². The maximum absolute atomic E-state index is 14.5. The number of ether oxygens (including phenoxy) is 1. The zero-order valence-corrected chi connectivity index (χ0v) is 14.6. The molecule has 0 aliphatic carbocycles. The molecular weight excluding hydrogens is 331 g/mol. The molecule has 132 valence electrons. The van der Waals surface area contributed by atoms with Crippen LogP contribution >= 0.6 is 0 Å². The van der Waals surface area contributed by atoms with Crippen LogP contribution in [0.1, 0.15) is 28.9 Å². The molecule has 3 rings (SSSR count). The van der Waals surface area contributed by atoms with Gasteiger partial charge in [-0.15, -0.1) is 0 Å². The van der Waals surface area contributed by atoms with Crippen molar-refractivity contribution in [2.24, 2.45) is 0 Å². The molecule has 0 aliphatic rings. The Hall–Kier alpha value is -3.21. The van der Waals surface area contributed by atoms with Gasteiger partial charge in [0.1, 0.15) is 11.6 Å². The molecule has 3 aromatic rings. The lowest BCUT2D eigenvalue weighted by molar-refractivity contribution is 0.0936. The van der Waals surface area contributed by atoms with Gasteiger partial charge in [-0.3, -0.25) is 9.78 Å². The van der Waals surface area contributed by atoms with Crippen LogP contribution in [0.3, 0.4) is 0 Å². The second-order valence-electron chi connectivity index (χ2n) is 5.90. The van der Waals surface area contributed by atoms with Gasteiger partial charge in [0.25, 0.3) is 5.91 Å². The number of hydrogen-bond donors (Lipinski definition) is 1. The van der Waals surface area contributed by atoms with Crippen LogP contribution in [0.15, 0.2) is 67.0 Å². The van der Waals surface area contributed by atoms with Crippen LogP contribution in [0.2, 0.25) is 0 Å². The maximum atomic E-state index is 14.5. The Kier molecular flexibility index (Phi) is 5.27. The van der Waals surface area contributed by atoms with E-state index in [9.17, 15) is 9.18 Å². The Morgan fingerprint density at radius 2 is 1.85 bits per heavy atom.